The van der Waals surface area contributed by atoms with E-state index in [1.165, 1.54) is 0 Å². The first-order valence-electron chi connectivity index (χ1n) is 8.64. The fraction of sp³-hybridized carbons (Fsp3) is 0.632. The Morgan fingerprint density at radius 3 is 1.79 bits per heavy atom. The topological polar surface area (TPSA) is 50.8 Å². The molecule has 0 saturated heterocycles. The van der Waals surface area contributed by atoms with E-state index in [4.69, 9.17) is 9.47 Å². The van der Waals surface area contributed by atoms with Gasteiger partial charge in [-0.15, -0.1) is 0 Å². The number of hydrogen-bond donors (Lipinski definition) is 1. The summed E-state index contributed by atoms with van der Waals surface area (Å²) in [6, 6.07) is 5.30. The summed E-state index contributed by atoms with van der Waals surface area (Å²) in [5.41, 5.74) is 0.676. The molecule has 5 nitrogen and oxygen atoms in total. The van der Waals surface area contributed by atoms with Gasteiger partial charge < -0.3 is 19.7 Å². The third-order valence-corrected chi connectivity index (χ3v) is 3.84. The van der Waals surface area contributed by atoms with Crippen molar-refractivity contribution in [2.75, 3.05) is 32.6 Å². The number of carbonyl (C=O) groups excluding carboxylic acids is 1. The zero-order valence-electron chi connectivity index (χ0n) is 15.9. The van der Waals surface area contributed by atoms with E-state index in [9.17, 15) is 4.79 Å². The summed E-state index contributed by atoms with van der Waals surface area (Å²) in [5, 5.41) is 2.97. The number of methoxy groups -OCH3 is 2. The standard InChI is InChI=1S/C19H32N2O3/c1-14(2)7-9-21(10-8-15(3)4)19(22)20-16-11-17(23-5)13-18(12-16)24-6/h11-15H,7-10H2,1-6H3,(H,20,22). The van der Waals surface area contributed by atoms with E-state index >= 15 is 0 Å². The minimum absolute atomic E-state index is 0.0772. The van der Waals surface area contributed by atoms with Gasteiger partial charge in [0.1, 0.15) is 11.5 Å². The first-order chi connectivity index (χ1) is 11.3. The maximum atomic E-state index is 12.7. The van der Waals surface area contributed by atoms with E-state index in [-0.39, 0.29) is 6.03 Å². The third kappa shape index (κ3) is 7.11. The number of urea groups is 1. The average Bonchev–Trinajstić information content (AvgIpc) is 2.53. The lowest BCUT2D eigenvalue weighted by atomic mass is 10.1. The van der Waals surface area contributed by atoms with Crippen LogP contribution in [0.5, 0.6) is 11.5 Å². The van der Waals surface area contributed by atoms with Gasteiger partial charge in [-0.1, -0.05) is 27.7 Å². The molecular formula is C19H32N2O3. The molecule has 0 fully saturated rings. The van der Waals surface area contributed by atoms with Gasteiger partial charge in [0, 0.05) is 37.0 Å². The van der Waals surface area contributed by atoms with Crippen LogP contribution in [0.1, 0.15) is 40.5 Å². The Kier molecular flexibility index (Phi) is 8.44. The van der Waals surface area contributed by atoms with Gasteiger partial charge in [0.25, 0.3) is 0 Å². The van der Waals surface area contributed by atoms with Crippen molar-refractivity contribution in [3.05, 3.63) is 18.2 Å². The van der Waals surface area contributed by atoms with Crippen molar-refractivity contribution >= 4 is 11.7 Å². The summed E-state index contributed by atoms with van der Waals surface area (Å²) >= 11 is 0. The van der Waals surface area contributed by atoms with E-state index < -0.39 is 0 Å². The van der Waals surface area contributed by atoms with Crippen molar-refractivity contribution in [3.8, 4) is 11.5 Å². The lowest BCUT2D eigenvalue weighted by Gasteiger charge is -2.25. The van der Waals surface area contributed by atoms with Crippen LogP contribution in [0.15, 0.2) is 18.2 Å². The van der Waals surface area contributed by atoms with Gasteiger partial charge in [-0.05, 0) is 24.7 Å². The van der Waals surface area contributed by atoms with Crippen LogP contribution in [-0.4, -0.2) is 38.2 Å². The van der Waals surface area contributed by atoms with Crippen LogP contribution in [0.4, 0.5) is 10.5 Å². The Bertz CT molecular complexity index is 481. The second kappa shape index (κ2) is 10.1. The van der Waals surface area contributed by atoms with Crippen LogP contribution in [0.25, 0.3) is 0 Å². The molecule has 0 aliphatic heterocycles. The molecule has 0 bridgehead atoms. The van der Waals surface area contributed by atoms with Crippen molar-refractivity contribution in [2.24, 2.45) is 11.8 Å². The normalized spacial score (nSPS) is 10.8. The highest BCUT2D eigenvalue weighted by Gasteiger charge is 2.15. The van der Waals surface area contributed by atoms with E-state index in [2.05, 4.69) is 33.0 Å². The monoisotopic (exact) mass is 336 g/mol. The van der Waals surface area contributed by atoms with Crippen LogP contribution < -0.4 is 14.8 Å². The average molecular weight is 336 g/mol. The highest BCUT2D eigenvalue weighted by atomic mass is 16.5. The van der Waals surface area contributed by atoms with E-state index in [0.717, 1.165) is 25.9 Å². The summed E-state index contributed by atoms with van der Waals surface area (Å²) in [5.74, 6) is 2.44. The first-order valence-corrected chi connectivity index (χ1v) is 8.64. The van der Waals surface area contributed by atoms with Gasteiger partial charge in [-0.25, -0.2) is 4.79 Å². The molecule has 0 atom stereocenters. The molecule has 0 aliphatic carbocycles. The number of nitrogens with one attached hydrogen (secondary N) is 1. The van der Waals surface area contributed by atoms with Gasteiger partial charge in [-0.2, -0.15) is 0 Å². The molecular weight excluding hydrogens is 304 g/mol. The second-order valence-electron chi connectivity index (χ2n) is 6.88. The summed E-state index contributed by atoms with van der Waals surface area (Å²) < 4.78 is 10.5. The molecule has 5 heteroatoms. The summed E-state index contributed by atoms with van der Waals surface area (Å²) in [6.45, 7) is 10.2. The molecule has 0 aromatic heterocycles. The van der Waals surface area contributed by atoms with Crippen molar-refractivity contribution in [2.45, 2.75) is 40.5 Å². The molecule has 136 valence electrons. The molecule has 0 aliphatic rings. The molecule has 1 N–H and O–H groups in total. The molecule has 1 rings (SSSR count). The zero-order valence-corrected chi connectivity index (χ0v) is 15.9. The summed E-state index contributed by atoms with van der Waals surface area (Å²) in [6.07, 6.45) is 1.99. The number of anilines is 1. The number of carbonyl (C=O) groups is 1. The smallest absolute Gasteiger partial charge is 0.321 e. The number of ether oxygens (including phenoxy) is 2. The molecule has 1 aromatic carbocycles. The highest BCUT2D eigenvalue weighted by Crippen LogP contribution is 2.26. The lowest BCUT2D eigenvalue weighted by molar-refractivity contribution is 0.205. The molecule has 0 heterocycles. The SMILES string of the molecule is COc1cc(NC(=O)N(CCC(C)C)CCC(C)C)cc(OC)c1. The predicted molar refractivity (Wildman–Crippen MR) is 99.0 cm³/mol. The lowest BCUT2D eigenvalue weighted by Crippen LogP contribution is -2.37. The predicted octanol–water partition coefficient (Wildman–Crippen LogP) is 4.63. The van der Waals surface area contributed by atoms with Crippen LogP contribution in [0.2, 0.25) is 0 Å². The minimum Gasteiger partial charge on any atom is -0.497 e. The number of nitrogens with zero attached hydrogens (tertiary/aromatic N) is 1. The molecule has 0 radical (unpaired) electrons. The van der Waals surface area contributed by atoms with Gasteiger partial charge in [-0.3, -0.25) is 0 Å². The Morgan fingerprint density at radius 2 is 1.42 bits per heavy atom. The van der Waals surface area contributed by atoms with Crippen LogP contribution in [0, 0.1) is 11.8 Å². The number of amides is 2. The fourth-order valence-electron chi connectivity index (χ4n) is 2.23. The van der Waals surface area contributed by atoms with Crippen molar-refractivity contribution in [1.82, 2.24) is 4.90 Å². The van der Waals surface area contributed by atoms with Gasteiger partial charge in [0.15, 0.2) is 0 Å². The van der Waals surface area contributed by atoms with Crippen molar-refractivity contribution in [3.63, 3.8) is 0 Å². The van der Waals surface area contributed by atoms with Crippen molar-refractivity contribution < 1.29 is 14.3 Å². The molecule has 0 spiro atoms. The molecule has 0 saturated carbocycles. The minimum atomic E-state index is -0.0772. The number of benzene rings is 1. The van der Waals surface area contributed by atoms with Crippen molar-refractivity contribution in [1.29, 1.82) is 0 Å². The quantitative estimate of drug-likeness (QED) is 0.715. The van der Waals surface area contributed by atoms with Crippen LogP contribution in [-0.2, 0) is 0 Å². The molecule has 1 aromatic rings. The maximum absolute atomic E-state index is 12.7. The third-order valence-electron chi connectivity index (χ3n) is 3.84. The Balaban J connectivity index is 2.81. The Morgan fingerprint density at radius 1 is 0.958 bits per heavy atom. The van der Waals surface area contributed by atoms with Gasteiger partial charge >= 0.3 is 6.03 Å². The van der Waals surface area contributed by atoms with E-state index in [1.807, 2.05) is 4.90 Å². The molecule has 2 amide bonds. The second-order valence-corrected chi connectivity index (χ2v) is 6.88. The maximum Gasteiger partial charge on any atom is 0.321 e. The molecule has 0 unspecified atom stereocenters. The van der Waals surface area contributed by atoms with Gasteiger partial charge in [0.2, 0.25) is 0 Å². The van der Waals surface area contributed by atoms with E-state index in [1.54, 1.807) is 32.4 Å². The van der Waals surface area contributed by atoms with E-state index in [0.29, 0.717) is 29.0 Å². The molecule has 24 heavy (non-hydrogen) atoms. The first kappa shape index (κ1) is 20.1. The summed E-state index contributed by atoms with van der Waals surface area (Å²) in [4.78, 5) is 14.6. The Labute approximate surface area is 146 Å². The van der Waals surface area contributed by atoms with Crippen LogP contribution >= 0.6 is 0 Å². The summed E-state index contributed by atoms with van der Waals surface area (Å²) in [7, 11) is 3.19. The fourth-order valence-corrected chi connectivity index (χ4v) is 2.23. The highest BCUT2D eigenvalue weighted by molar-refractivity contribution is 5.89. The number of rotatable bonds is 9. The van der Waals surface area contributed by atoms with Crippen LogP contribution in [0.3, 0.4) is 0 Å². The Hall–Kier alpha value is -1.91. The van der Waals surface area contributed by atoms with Gasteiger partial charge in [0.05, 0.1) is 14.2 Å². The zero-order chi connectivity index (χ0) is 18.1. The number of hydrogen-bond acceptors (Lipinski definition) is 3. The largest absolute Gasteiger partial charge is 0.497 e.